The molecule has 0 spiro atoms. The van der Waals surface area contributed by atoms with Crippen LogP contribution in [0.15, 0.2) is 72.8 Å². The lowest BCUT2D eigenvalue weighted by Gasteiger charge is -2.11. The Hall–Kier alpha value is -3.80. The molecule has 3 aromatic rings. The lowest BCUT2D eigenvalue weighted by molar-refractivity contribution is 0.0472. The van der Waals surface area contributed by atoms with Gasteiger partial charge in [-0.15, -0.1) is 0 Å². The standard InChI is InChI=1S/C24H23NO5/c1-3-29-22-15-19(13-14-21(22)28-2)24(27)30-16-17-9-11-18(12-10-17)23(26)25-20-7-5-4-6-8-20/h4-15H,3,16H2,1-2H3,(H,25,26). The van der Waals surface area contributed by atoms with E-state index in [9.17, 15) is 9.59 Å². The molecule has 0 fully saturated rings. The zero-order valence-electron chi connectivity index (χ0n) is 16.9. The summed E-state index contributed by atoms with van der Waals surface area (Å²) >= 11 is 0. The van der Waals surface area contributed by atoms with Crippen molar-refractivity contribution in [3.63, 3.8) is 0 Å². The number of carbonyl (C=O) groups excluding carboxylic acids is 2. The van der Waals surface area contributed by atoms with E-state index < -0.39 is 5.97 Å². The maximum Gasteiger partial charge on any atom is 0.338 e. The van der Waals surface area contributed by atoms with Gasteiger partial charge < -0.3 is 19.5 Å². The number of rotatable bonds is 8. The van der Waals surface area contributed by atoms with Gasteiger partial charge in [0.2, 0.25) is 0 Å². The Morgan fingerprint density at radius 1 is 0.867 bits per heavy atom. The molecule has 6 nitrogen and oxygen atoms in total. The molecule has 30 heavy (non-hydrogen) atoms. The number of amides is 1. The lowest BCUT2D eigenvalue weighted by atomic mass is 10.1. The quantitative estimate of drug-likeness (QED) is 0.550. The van der Waals surface area contributed by atoms with E-state index in [0.717, 1.165) is 11.3 Å². The minimum atomic E-state index is -0.468. The van der Waals surface area contributed by atoms with E-state index in [4.69, 9.17) is 14.2 Å². The second-order valence-corrected chi connectivity index (χ2v) is 6.39. The number of hydrogen-bond acceptors (Lipinski definition) is 5. The van der Waals surface area contributed by atoms with Crippen molar-refractivity contribution in [3.8, 4) is 11.5 Å². The van der Waals surface area contributed by atoms with Crippen LogP contribution in [0.3, 0.4) is 0 Å². The molecule has 0 aromatic heterocycles. The van der Waals surface area contributed by atoms with E-state index in [2.05, 4.69) is 5.32 Å². The van der Waals surface area contributed by atoms with Gasteiger partial charge in [-0.25, -0.2) is 4.79 Å². The molecule has 154 valence electrons. The zero-order valence-corrected chi connectivity index (χ0v) is 16.9. The van der Waals surface area contributed by atoms with Crippen molar-refractivity contribution in [3.05, 3.63) is 89.5 Å². The predicted molar refractivity (Wildman–Crippen MR) is 114 cm³/mol. The molecular weight excluding hydrogens is 382 g/mol. The Bertz CT molecular complexity index is 1000. The number of ether oxygens (including phenoxy) is 3. The van der Waals surface area contributed by atoms with Crippen LogP contribution >= 0.6 is 0 Å². The van der Waals surface area contributed by atoms with Crippen LogP contribution in [0.1, 0.15) is 33.2 Å². The lowest BCUT2D eigenvalue weighted by Crippen LogP contribution is -2.12. The van der Waals surface area contributed by atoms with Gasteiger partial charge in [0.15, 0.2) is 11.5 Å². The first-order valence-corrected chi connectivity index (χ1v) is 9.54. The normalized spacial score (nSPS) is 10.2. The van der Waals surface area contributed by atoms with Crippen molar-refractivity contribution in [2.45, 2.75) is 13.5 Å². The number of nitrogens with one attached hydrogen (secondary N) is 1. The minimum absolute atomic E-state index is 0.0927. The minimum Gasteiger partial charge on any atom is -0.493 e. The van der Waals surface area contributed by atoms with Crippen molar-refractivity contribution in [1.29, 1.82) is 0 Å². The maximum atomic E-state index is 12.4. The van der Waals surface area contributed by atoms with Crippen molar-refractivity contribution in [2.75, 3.05) is 19.0 Å². The highest BCUT2D eigenvalue weighted by Crippen LogP contribution is 2.28. The van der Waals surface area contributed by atoms with Gasteiger partial charge >= 0.3 is 5.97 Å². The number of para-hydroxylation sites is 1. The van der Waals surface area contributed by atoms with E-state index >= 15 is 0 Å². The van der Waals surface area contributed by atoms with Crippen molar-refractivity contribution in [2.24, 2.45) is 0 Å². The van der Waals surface area contributed by atoms with E-state index in [1.165, 1.54) is 0 Å². The summed E-state index contributed by atoms with van der Waals surface area (Å²) in [7, 11) is 1.54. The molecule has 1 N–H and O–H groups in total. The Balaban J connectivity index is 1.59. The van der Waals surface area contributed by atoms with Gasteiger partial charge in [0.05, 0.1) is 19.3 Å². The highest BCUT2D eigenvalue weighted by atomic mass is 16.5. The summed E-state index contributed by atoms with van der Waals surface area (Å²) in [5.74, 6) is 0.372. The van der Waals surface area contributed by atoms with Crippen LogP contribution < -0.4 is 14.8 Å². The van der Waals surface area contributed by atoms with Crippen LogP contribution in [0.4, 0.5) is 5.69 Å². The SMILES string of the molecule is CCOc1cc(C(=O)OCc2ccc(C(=O)Nc3ccccc3)cc2)ccc1OC. The third-order valence-corrected chi connectivity index (χ3v) is 4.32. The molecule has 0 aliphatic carbocycles. The van der Waals surface area contributed by atoms with Crippen molar-refractivity contribution < 1.29 is 23.8 Å². The molecule has 0 atom stereocenters. The molecule has 0 aliphatic heterocycles. The van der Waals surface area contributed by atoms with Gasteiger partial charge in [0.25, 0.3) is 5.91 Å². The van der Waals surface area contributed by atoms with Crippen LogP contribution in [-0.2, 0) is 11.3 Å². The van der Waals surface area contributed by atoms with Gasteiger partial charge in [-0.2, -0.15) is 0 Å². The van der Waals surface area contributed by atoms with E-state index in [-0.39, 0.29) is 12.5 Å². The summed E-state index contributed by atoms with van der Waals surface area (Å²) in [6, 6.07) is 21.0. The molecule has 3 aromatic carbocycles. The molecular formula is C24H23NO5. The van der Waals surface area contributed by atoms with Crippen LogP contribution in [0.25, 0.3) is 0 Å². The van der Waals surface area contributed by atoms with Gasteiger partial charge in [-0.05, 0) is 55.0 Å². The third kappa shape index (κ3) is 5.38. The monoisotopic (exact) mass is 405 g/mol. The summed E-state index contributed by atoms with van der Waals surface area (Å²) in [6.45, 7) is 2.41. The van der Waals surface area contributed by atoms with E-state index in [1.807, 2.05) is 37.3 Å². The summed E-state index contributed by atoms with van der Waals surface area (Å²) in [4.78, 5) is 24.7. The Labute approximate surface area is 175 Å². The summed E-state index contributed by atoms with van der Waals surface area (Å²) < 4.78 is 16.1. The average Bonchev–Trinajstić information content (AvgIpc) is 2.78. The number of methoxy groups -OCH3 is 1. The molecule has 0 aliphatic rings. The number of esters is 1. The van der Waals surface area contributed by atoms with Crippen LogP contribution in [0, 0.1) is 0 Å². The fraction of sp³-hybridized carbons (Fsp3) is 0.167. The number of carbonyl (C=O) groups is 2. The van der Waals surface area contributed by atoms with E-state index in [1.54, 1.807) is 49.6 Å². The molecule has 0 unspecified atom stereocenters. The molecule has 0 radical (unpaired) electrons. The second-order valence-electron chi connectivity index (χ2n) is 6.39. The van der Waals surface area contributed by atoms with Gasteiger partial charge in [0.1, 0.15) is 6.61 Å². The van der Waals surface area contributed by atoms with Gasteiger partial charge in [-0.1, -0.05) is 30.3 Å². The number of hydrogen-bond donors (Lipinski definition) is 1. The fourth-order valence-corrected chi connectivity index (χ4v) is 2.78. The first-order chi connectivity index (χ1) is 14.6. The smallest absolute Gasteiger partial charge is 0.338 e. The Kier molecular flexibility index (Phi) is 7.05. The van der Waals surface area contributed by atoms with Crippen LogP contribution in [-0.4, -0.2) is 25.6 Å². The van der Waals surface area contributed by atoms with E-state index in [0.29, 0.717) is 29.2 Å². The second kappa shape index (κ2) is 10.1. The molecule has 6 heteroatoms. The van der Waals surface area contributed by atoms with Gasteiger partial charge in [-0.3, -0.25) is 4.79 Å². The Morgan fingerprint density at radius 3 is 2.23 bits per heavy atom. The summed E-state index contributed by atoms with van der Waals surface area (Å²) in [6.07, 6.45) is 0. The number of anilines is 1. The summed E-state index contributed by atoms with van der Waals surface area (Å²) in [5.41, 5.74) is 2.40. The van der Waals surface area contributed by atoms with Crippen molar-refractivity contribution >= 4 is 17.6 Å². The first-order valence-electron chi connectivity index (χ1n) is 9.54. The molecule has 3 rings (SSSR count). The number of benzene rings is 3. The predicted octanol–water partition coefficient (Wildman–Crippen LogP) is 4.70. The Morgan fingerprint density at radius 2 is 1.57 bits per heavy atom. The molecule has 0 bridgehead atoms. The zero-order chi connectivity index (χ0) is 21.3. The van der Waals surface area contributed by atoms with Crippen LogP contribution in [0.2, 0.25) is 0 Å². The topological polar surface area (TPSA) is 73.9 Å². The largest absolute Gasteiger partial charge is 0.493 e. The fourth-order valence-electron chi connectivity index (χ4n) is 2.78. The summed E-state index contributed by atoms with van der Waals surface area (Å²) in [5, 5.41) is 2.83. The maximum absolute atomic E-state index is 12.4. The first kappa shape index (κ1) is 20.9. The highest BCUT2D eigenvalue weighted by molar-refractivity contribution is 6.04. The molecule has 1 amide bonds. The highest BCUT2D eigenvalue weighted by Gasteiger charge is 2.13. The van der Waals surface area contributed by atoms with Crippen LogP contribution in [0.5, 0.6) is 11.5 Å². The molecule has 0 saturated heterocycles. The molecule has 0 heterocycles. The van der Waals surface area contributed by atoms with Crippen molar-refractivity contribution in [1.82, 2.24) is 0 Å². The molecule has 0 saturated carbocycles. The van der Waals surface area contributed by atoms with Gasteiger partial charge in [0, 0.05) is 11.3 Å². The third-order valence-electron chi connectivity index (χ3n) is 4.32. The average molecular weight is 405 g/mol.